The average Bonchev–Trinajstić information content (AvgIpc) is 2.79. The number of carbonyl (C=O) groups excluding carboxylic acids is 3. The first-order valence-corrected chi connectivity index (χ1v) is 10.2. The van der Waals surface area contributed by atoms with Crippen LogP contribution < -0.4 is 15.0 Å². The number of barbiturate groups is 1. The van der Waals surface area contributed by atoms with E-state index in [0.717, 1.165) is 21.6 Å². The summed E-state index contributed by atoms with van der Waals surface area (Å²) in [5.74, 6) is -0.710. The molecule has 1 heterocycles. The third-order valence-electron chi connectivity index (χ3n) is 5.29. The van der Waals surface area contributed by atoms with Crippen molar-refractivity contribution in [1.82, 2.24) is 5.32 Å². The lowest BCUT2D eigenvalue weighted by Crippen LogP contribution is -2.54. The number of amides is 4. The van der Waals surface area contributed by atoms with Crippen molar-refractivity contribution in [3.8, 4) is 5.75 Å². The minimum absolute atomic E-state index is 0.110. The summed E-state index contributed by atoms with van der Waals surface area (Å²) in [6, 6.07) is 21.4. The van der Waals surface area contributed by atoms with Gasteiger partial charge in [-0.3, -0.25) is 14.9 Å². The molecule has 0 unspecified atom stereocenters. The van der Waals surface area contributed by atoms with Gasteiger partial charge >= 0.3 is 6.03 Å². The fraction of sp³-hybridized carbons (Fsp3) is 0.115. The molecule has 1 fully saturated rings. The van der Waals surface area contributed by atoms with Gasteiger partial charge in [0.1, 0.15) is 17.9 Å². The molecule has 0 radical (unpaired) electrons. The number of hydrogen-bond acceptors (Lipinski definition) is 4. The maximum absolute atomic E-state index is 13.0. The largest absolute Gasteiger partial charge is 0.489 e. The quantitative estimate of drug-likeness (QED) is 0.480. The van der Waals surface area contributed by atoms with Crippen LogP contribution in [0.15, 0.2) is 78.4 Å². The molecule has 0 spiro atoms. The Morgan fingerprint density at radius 2 is 1.59 bits per heavy atom. The standard InChI is InChI=1S/C26H22N2O4/c1-17-8-11-21(14-18(17)2)28-25(30)23(24(29)27-26(28)31)15-19-9-12-22(13-10-19)32-16-20-6-4-3-5-7-20/h3-15H,16H2,1-2H3,(H,27,29,31)/b23-15+. The van der Waals surface area contributed by atoms with Crippen LogP contribution in [-0.2, 0) is 16.2 Å². The second-order valence-electron chi connectivity index (χ2n) is 7.57. The Kier molecular flexibility index (Phi) is 5.85. The molecule has 0 saturated carbocycles. The minimum atomic E-state index is -0.759. The zero-order valence-corrected chi connectivity index (χ0v) is 17.8. The highest BCUT2D eigenvalue weighted by Gasteiger charge is 2.36. The van der Waals surface area contributed by atoms with Crippen LogP contribution in [0.4, 0.5) is 10.5 Å². The highest BCUT2D eigenvalue weighted by Crippen LogP contribution is 2.24. The molecule has 4 amide bonds. The third kappa shape index (κ3) is 4.44. The topological polar surface area (TPSA) is 75.7 Å². The van der Waals surface area contributed by atoms with Crippen LogP contribution in [0.3, 0.4) is 0 Å². The summed E-state index contributed by atoms with van der Waals surface area (Å²) in [6.45, 7) is 4.28. The van der Waals surface area contributed by atoms with E-state index >= 15 is 0 Å². The maximum atomic E-state index is 13.0. The molecule has 4 rings (SSSR count). The number of hydrogen-bond donors (Lipinski definition) is 1. The second kappa shape index (κ2) is 8.89. The van der Waals surface area contributed by atoms with Crippen molar-refractivity contribution < 1.29 is 19.1 Å². The van der Waals surface area contributed by atoms with Gasteiger partial charge in [0.2, 0.25) is 0 Å². The second-order valence-corrected chi connectivity index (χ2v) is 7.57. The van der Waals surface area contributed by atoms with E-state index in [9.17, 15) is 14.4 Å². The Balaban J connectivity index is 1.54. The molecular weight excluding hydrogens is 404 g/mol. The molecule has 160 valence electrons. The Labute approximate surface area is 186 Å². The van der Waals surface area contributed by atoms with E-state index in [1.54, 1.807) is 36.4 Å². The molecule has 1 aliphatic rings. The van der Waals surface area contributed by atoms with Gasteiger partial charge in [0.25, 0.3) is 11.8 Å². The molecule has 32 heavy (non-hydrogen) atoms. The molecule has 1 aliphatic heterocycles. The summed E-state index contributed by atoms with van der Waals surface area (Å²) in [6.07, 6.45) is 1.47. The van der Waals surface area contributed by atoms with Crippen LogP contribution in [0.1, 0.15) is 22.3 Å². The van der Waals surface area contributed by atoms with Crippen molar-refractivity contribution in [2.45, 2.75) is 20.5 Å². The monoisotopic (exact) mass is 426 g/mol. The fourth-order valence-corrected chi connectivity index (χ4v) is 3.32. The number of benzene rings is 3. The molecule has 3 aromatic rings. The molecule has 3 aromatic carbocycles. The molecule has 0 aromatic heterocycles. The van der Waals surface area contributed by atoms with Crippen LogP contribution >= 0.6 is 0 Å². The van der Waals surface area contributed by atoms with E-state index < -0.39 is 17.8 Å². The van der Waals surface area contributed by atoms with E-state index in [1.807, 2.05) is 50.2 Å². The van der Waals surface area contributed by atoms with E-state index in [4.69, 9.17) is 4.74 Å². The van der Waals surface area contributed by atoms with Gasteiger partial charge in [-0.25, -0.2) is 9.69 Å². The first-order chi connectivity index (χ1) is 15.4. The zero-order chi connectivity index (χ0) is 22.7. The summed E-state index contributed by atoms with van der Waals surface area (Å²) >= 11 is 0. The van der Waals surface area contributed by atoms with Crippen LogP contribution in [-0.4, -0.2) is 17.8 Å². The number of rotatable bonds is 5. The number of nitrogens with one attached hydrogen (secondary N) is 1. The highest BCUT2D eigenvalue weighted by atomic mass is 16.5. The van der Waals surface area contributed by atoms with Crippen LogP contribution in [0.5, 0.6) is 5.75 Å². The predicted octanol–water partition coefficient (Wildman–Crippen LogP) is 4.55. The smallest absolute Gasteiger partial charge is 0.335 e. The van der Waals surface area contributed by atoms with E-state index in [1.165, 1.54) is 6.08 Å². The molecule has 1 saturated heterocycles. The predicted molar refractivity (Wildman–Crippen MR) is 122 cm³/mol. The van der Waals surface area contributed by atoms with Crippen molar-refractivity contribution in [2.75, 3.05) is 4.90 Å². The van der Waals surface area contributed by atoms with Crippen molar-refractivity contribution in [2.24, 2.45) is 0 Å². The normalized spacial score (nSPS) is 15.1. The van der Waals surface area contributed by atoms with Crippen LogP contribution in [0.2, 0.25) is 0 Å². The Morgan fingerprint density at radius 1 is 0.875 bits per heavy atom. The first-order valence-electron chi connectivity index (χ1n) is 10.2. The molecule has 6 nitrogen and oxygen atoms in total. The Bertz CT molecular complexity index is 1210. The van der Waals surface area contributed by atoms with Gasteiger partial charge in [-0.1, -0.05) is 48.5 Å². The highest BCUT2D eigenvalue weighted by molar-refractivity contribution is 6.39. The van der Waals surface area contributed by atoms with E-state index in [-0.39, 0.29) is 5.57 Å². The Morgan fingerprint density at radius 3 is 2.28 bits per heavy atom. The fourth-order valence-electron chi connectivity index (χ4n) is 3.32. The van der Waals surface area contributed by atoms with Crippen molar-refractivity contribution in [3.05, 3.63) is 101 Å². The first kappa shape index (κ1) is 21.1. The summed E-state index contributed by atoms with van der Waals surface area (Å²) in [7, 11) is 0. The van der Waals surface area contributed by atoms with Gasteiger partial charge in [0.15, 0.2) is 0 Å². The summed E-state index contributed by atoms with van der Waals surface area (Å²) < 4.78 is 5.77. The summed E-state index contributed by atoms with van der Waals surface area (Å²) in [5.41, 5.74) is 3.99. The number of imide groups is 2. The van der Waals surface area contributed by atoms with Crippen LogP contribution in [0.25, 0.3) is 6.08 Å². The molecule has 0 bridgehead atoms. The number of ether oxygens (including phenoxy) is 1. The van der Waals surface area contributed by atoms with Crippen molar-refractivity contribution in [3.63, 3.8) is 0 Å². The third-order valence-corrected chi connectivity index (χ3v) is 5.29. The summed E-state index contributed by atoms with van der Waals surface area (Å²) in [4.78, 5) is 38.8. The molecule has 0 aliphatic carbocycles. The molecule has 6 heteroatoms. The number of urea groups is 1. The number of anilines is 1. The lowest BCUT2D eigenvalue weighted by atomic mass is 10.1. The van der Waals surface area contributed by atoms with E-state index in [2.05, 4.69) is 5.32 Å². The molecule has 0 atom stereocenters. The number of carbonyl (C=O) groups is 3. The summed E-state index contributed by atoms with van der Waals surface area (Å²) in [5, 5.41) is 2.25. The SMILES string of the molecule is Cc1ccc(N2C(=O)NC(=O)/C(=C\c3ccc(OCc4ccccc4)cc3)C2=O)cc1C. The average molecular weight is 426 g/mol. The van der Waals surface area contributed by atoms with Gasteiger partial charge in [0.05, 0.1) is 5.69 Å². The van der Waals surface area contributed by atoms with Gasteiger partial charge in [-0.2, -0.15) is 0 Å². The molecular formula is C26H22N2O4. The van der Waals surface area contributed by atoms with Crippen molar-refractivity contribution in [1.29, 1.82) is 0 Å². The van der Waals surface area contributed by atoms with Crippen LogP contribution in [0, 0.1) is 13.8 Å². The minimum Gasteiger partial charge on any atom is -0.489 e. The maximum Gasteiger partial charge on any atom is 0.335 e. The number of aryl methyl sites for hydroxylation is 2. The molecule has 1 N–H and O–H groups in total. The number of nitrogens with zero attached hydrogens (tertiary/aromatic N) is 1. The van der Waals surface area contributed by atoms with E-state index in [0.29, 0.717) is 23.6 Å². The van der Waals surface area contributed by atoms with Gasteiger partial charge in [-0.05, 0) is 66.4 Å². The van der Waals surface area contributed by atoms with Gasteiger partial charge < -0.3 is 4.74 Å². The van der Waals surface area contributed by atoms with Gasteiger partial charge in [0, 0.05) is 0 Å². The van der Waals surface area contributed by atoms with Crippen molar-refractivity contribution >= 4 is 29.6 Å². The van der Waals surface area contributed by atoms with Gasteiger partial charge in [-0.15, -0.1) is 0 Å². The lowest BCUT2D eigenvalue weighted by molar-refractivity contribution is -0.122. The lowest BCUT2D eigenvalue weighted by Gasteiger charge is -2.26. The zero-order valence-electron chi connectivity index (χ0n) is 17.8. The Hall–Kier alpha value is -4.19.